The van der Waals surface area contributed by atoms with Gasteiger partial charge in [0.05, 0.1) is 5.92 Å². The van der Waals surface area contributed by atoms with E-state index in [0.717, 1.165) is 5.56 Å². The molecule has 1 aliphatic heterocycles. The SMILES string of the molecule is O=C1C(CCO)N=CC1c1ccccc1. The molecule has 78 valence electrons. The molecule has 1 aromatic rings. The van der Waals surface area contributed by atoms with Crippen molar-refractivity contribution in [2.75, 3.05) is 6.61 Å². The molecule has 0 aliphatic carbocycles. The predicted octanol–water partition coefficient (Wildman–Crippen LogP) is 1.17. The molecule has 1 heterocycles. The summed E-state index contributed by atoms with van der Waals surface area (Å²) >= 11 is 0. The van der Waals surface area contributed by atoms with Crippen molar-refractivity contribution in [2.45, 2.75) is 18.4 Å². The number of aliphatic imine (C=N–C) groups is 1. The molecule has 2 rings (SSSR count). The third kappa shape index (κ3) is 1.97. The van der Waals surface area contributed by atoms with Crippen molar-refractivity contribution in [2.24, 2.45) is 4.99 Å². The van der Waals surface area contributed by atoms with Crippen molar-refractivity contribution >= 4 is 12.0 Å². The Morgan fingerprint density at radius 1 is 1.27 bits per heavy atom. The number of Topliss-reactive ketones (excluding diaryl/α,β-unsaturated/α-hetero) is 1. The highest BCUT2D eigenvalue weighted by molar-refractivity contribution is 6.07. The average molecular weight is 203 g/mol. The van der Waals surface area contributed by atoms with Crippen molar-refractivity contribution in [3.8, 4) is 0 Å². The summed E-state index contributed by atoms with van der Waals surface area (Å²) in [7, 11) is 0. The Bertz CT molecular complexity index is 372. The van der Waals surface area contributed by atoms with E-state index in [1.54, 1.807) is 6.21 Å². The molecule has 3 heteroatoms. The van der Waals surface area contributed by atoms with Crippen molar-refractivity contribution in [3.05, 3.63) is 35.9 Å². The number of ketones is 1. The van der Waals surface area contributed by atoms with E-state index >= 15 is 0 Å². The monoisotopic (exact) mass is 203 g/mol. The van der Waals surface area contributed by atoms with E-state index in [1.165, 1.54) is 0 Å². The highest BCUT2D eigenvalue weighted by atomic mass is 16.3. The Hall–Kier alpha value is -1.48. The minimum atomic E-state index is -0.347. The summed E-state index contributed by atoms with van der Waals surface area (Å²) in [5.41, 5.74) is 0.978. The lowest BCUT2D eigenvalue weighted by atomic mass is 9.94. The quantitative estimate of drug-likeness (QED) is 0.801. The fourth-order valence-corrected chi connectivity index (χ4v) is 1.79. The molecule has 2 atom stereocenters. The summed E-state index contributed by atoms with van der Waals surface area (Å²) in [6.45, 7) is 0.00918. The number of carbonyl (C=O) groups is 1. The van der Waals surface area contributed by atoms with Gasteiger partial charge in [-0.25, -0.2) is 0 Å². The highest BCUT2D eigenvalue weighted by Crippen LogP contribution is 2.23. The number of hydrogen-bond acceptors (Lipinski definition) is 3. The molecule has 0 aromatic heterocycles. The van der Waals surface area contributed by atoms with E-state index in [9.17, 15) is 4.79 Å². The van der Waals surface area contributed by atoms with Gasteiger partial charge in [0.15, 0.2) is 5.78 Å². The smallest absolute Gasteiger partial charge is 0.170 e. The van der Waals surface area contributed by atoms with Crippen LogP contribution in [0.3, 0.4) is 0 Å². The van der Waals surface area contributed by atoms with Crippen LogP contribution in [0.2, 0.25) is 0 Å². The van der Waals surface area contributed by atoms with Gasteiger partial charge in [0.1, 0.15) is 6.04 Å². The summed E-state index contributed by atoms with van der Waals surface area (Å²) in [4.78, 5) is 16.0. The first-order valence-electron chi connectivity index (χ1n) is 5.06. The largest absolute Gasteiger partial charge is 0.396 e. The second kappa shape index (κ2) is 4.36. The fourth-order valence-electron chi connectivity index (χ4n) is 1.79. The Labute approximate surface area is 88.5 Å². The Kier molecular flexibility index (Phi) is 2.92. The molecule has 0 amide bonds. The van der Waals surface area contributed by atoms with E-state index < -0.39 is 0 Å². The first-order valence-corrected chi connectivity index (χ1v) is 5.06. The molecule has 0 fully saturated rings. The number of aliphatic hydroxyl groups is 1. The van der Waals surface area contributed by atoms with Crippen molar-refractivity contribution in [1.29, 1.82) is 0 Å². The zero-order valence-corrected chi connectivity index (χ0v) is 8.34. The molecular formula is C12H13NO2. The lowest BCUT2D eigenvalue weighted by Crippen LogP contribution is -2.20. The van der Waals surface area contributed by atoms with Crippen molar-refractivity contribution < 1.29 is 9.90 Å². The summed E-state index contributed by atoms with van der Waals surface area (Å²) in [6.07, 6.45) is 2.12. The van der Waals surface area contributed by atoms with E-state index in [2.05, 4.69) is 4.99 Å². The molecular weight excluding hydrogens is 190 g/mol. The summed E-state index contributed by atoms with van der Waals surface area (Å²) in [6, 6.07) is 9.25. The van der Waals surface area contributed by atoms with Gasteiger partial charge < -0.3 is 5.11 Å². The lowest BCUT2D eigenvalue weighted by Gasteiger charge is -2.08. The molecule has 1 aromatic carbocycles. The topological polar surface area (TPSA) is 49.7 Å². The number of rotatable bonds is 3. The van der Waals surface area contributed by atoms with E-state index in [0.29, 0.717) is 6.42 Å². The van der Waals surface area contributed by atoms with Crippen LogP contribution in [-0.2, 0) is 4.79 Å². The molecule has 0 spiro atoms. The maximum Gasteiger partial charge on any atom is 0.170 e. The van der Waals surface area contributed by atoms with Crippen molar-refractivity contribution in [3.63, 3.8) is 0 Å². The Balaban J connectivity index is 2.15. The van der Waals surface area contributed by atoms with Crippen LogP contribution in [0.4, 0.5) is 0 Å². The van der Waals surface area contributed by atoms with Crippen LogP contribution in [0, 0.1) is 0 Å². The van der Waals surface area contributed by atoms with Gasteiger partial charge in [-0.1, -0.05) is 30.3 Å². The van der Waals surface area contributed by atoms with Crippen LogP contribution >= 0.6 is 0 Å². The Morgan fingerprint density at radius 2 is 2.00 bits per heavy atom. The van der Waals surface area contributed by atoms with E-state index in [1.807, 2.05) is 30.3 Å². The average Bonchev–Trinajstić information content (AvgIpc) is 2.63. The maximum absolute atomic E-state index is 11.9. The fraction of sp³-hybridized carbons (Fsp3) is 0.333. The van der Waals surface area contributed by atoms with Crippen LogP contribution in [0.5, 0.6) is 0 Å². The van der Waals surface area contributed by atoms with Crippen LogP contribution in [-0.4, -0.2) is 29.8 Å². The molecule has 1 N–H and O–H groups in total. The van der Waals surface area contributed by atoms with E-state index in [-0.39, 0.29) is 24.3 Å². The number of carbonyl (C=O) groups excluding carboxylic acids is 1. The molecule has 0 radical (unpaired) electrons. The normalized spacial score (nSPS) is 24.7. The standard InChI is InChI=1S/C12H13NO2/c14-7-6-11-12(15)10(8-13-11)9-4-2-1-3-5-9/h1-5,8,10-11,14H,6-7H2. The first-order chi connectivity index (χ1) is 7.33. The molecule has 0 bridgehead atoms. The second-order valence-corrected chi connectivity index (χ2v) is 3.62. The molecule has 0 saturated carbocycles. The van der Waals surface area contributed by atoms with Gasteiger partial charge in [-0.2, -0.15) is 0 Å². The van der Waals surface area contributed by atoms with Gasteiger partial charge in [0, 0.05) is 12.8 Å². The minimum absolute atomic E-state index is 0.00918. The number of aliphatic hydroxyl groups excluding tert-OH is 1. The van der Waals surface area contributed by atoms with Crippen LogP contribution in [0.15, 0.2) is 35.3 Å². The maximum atomic E-state index is 11.9. The van der Waals surface area contributed by atoms with Crippen LogP contribution < -0.4 is 0 Å². The molecule has 15 heavy (non-hydrogen) atoms. The summed E-state index contributed by atoms with van der Waals surface area (Å²) < 4.78 is 0. The molecule has 1 aliphatic rings. The third-order valence-corrected chi connectivity index (χ3v) is 2.61. The van der Waals surface area contributed by atoms with Crippen molar-refractivity contribution in [1.82, 2.24) is 0 Å². The summed E-state index contributed by atoms with van der Waals surface area (Å²) in [5.74, 6) is -0.127. The number of hydrogen-bond donors (Lipinski definition) is 1. The molecule has 2 unspecified atom stereocenters. The Morgan fingerprint density at radius 3 is 2.67 bits per heavy atom. The highest BCUT2D eigenvalue weighted by Gasteiger charge is 2.30. The van der Waals surface area contributed by atoms with Gasteiger partial charge in [0.2, 0.25) is 0 Å². The second-order valence-electron chi connectivity index (χ2n) is 3.62. The van der Waals surface area contributed by atoms with Gasteiger partial charge in [0.25, 0.3) is 0 Å². The number of nitrogens with zero attached hydrogens (tertiary/aromatic N) is 1. The van der Waals surface area contributed by atoms with Gasteiger partial charge in [-0.05, 0) is 12.0 Å². The third-order valence-electron chi connectivity index (χ3n) is 2.61. The van der Waals surface area contributed by atoms with Gasteiger partial charge in [-0.15, -0.1) is 0 Å². The zero-order valence-electron chi connectivity index (χ0n) is 8.34. The predicted molar refractivity (Wildman–Crippen MR) is 58.2 cm³/mol. The summed E-state index contributed by atoms with van der Waals surface area (Å²) in [5, 5.41) is 8.78. The van der Waals surface area contributed by atoms with Gasteiger partial charge in [-0.3, -0.25) is 9.79 Å². The van der Waals surface area contributed by atoms with Crippen LogP contribution in [0.1, 0.15) is 17.9 Å². The van der Waals surface area contributed by atoms with Gasteiger partial charge >= 0.3 is 0 Å². The number of benzene rings is 1. The van der Waals surface area contributed by atoms with Crippen LogP contribution in [0.25, 0.3) is 0 Å². The lowest BCUT2D eigenvalue weighted by molar-refractivity contribution is -0.119. The first kappa shape index (κ1) is 10.1. The van der Waals surface area contributed by atoms with E-state index in [4.69, 9.17) is 5.11 Å². The molecule has 0 saturated heterocycles. The molecule has 3 nitrogen and oxygen atoms in total. The minimum Gasteiger partial charge on any atom is -0.396 e. The zero-order chi connectivity index (χ0) is 10.7.